The largest absolute Gasteiger partial charge is 0.494 e. The van der Waals surface area contributed by atoms with Crippen molar-refractivity contribution in [1.82, 2.24) is 0 Å². The van der Waals surface area contributed by atoms with Gasteiger partial charge in [-0.3, -0.25) is 10.1 Å². The zero-order valence-corrected chi connectivity index (χ0v) is 18.0. The van der Waals surface area contributed by atoms with E-state index in [0.29, 0.717) is 17.1 Å². The molecule has 0 bridgehead atoms. The van der Waals surface area contributed by atoms with Crippen LogP contribution in [0.3, 0.4) is 0 Å². The molecule has 0 saturated carbocycles. The molecule has 0 spiro atoms. The van der Waals surface area contributed by atoms with Crippen molar-refractivity contribution in [3.63, 3.8) is 0 Å². The SMILES string of the molecule is COc1cc(N2CCCCC2)cc(N2CCCCC2)c1N=Nc1ccc([N+](=O)[O-])cc1. The van der Waals surface area contributed by atoms with Crippen molar-refractivity contribution in [3.05, 3.63) is 46.5 Å². The molecule has 8 nitrogen and oxygen atoms in total. The second kappa shape index (κ2) is 9.76. The van der Waals surface area contributed by atoms with Gasteiger partial charge in [0.25, 0.3) is 5.69 Å². The number of non-ortho nitro benzene ring substituents is 1. The van der Waals surface area contributed by atoms with Crippen LogP contribution >= 0.6 is 0 Å². The first kappa shape index (κ1) is 21.1. The standard InChI is InChI=1S/C23H29N5O3/c1-31-22-17-20(26-12-4-2-5-13-26)16-21(27-14-6-3-7-15-27)23(22)25-24-18-8-10-19(11-9-18)28(29)30/h8-11,16-17H,2-7,12-15H2,1H3. The number of nitrogens with zero attached hydrogens (tertiary/aromatic N) is 5. The topological polar surface area (TPSA) is 83.6 Å². The molecule has 2 heterocycles. The molecule has 0 N–H and O–H groups in total. The average Bonchev–Trinajstić information content (AvgIpc) is 2.83. The summed E-state index contributed by atoms with van der Waals surface area (Å²) in [4.78, 5) is 15.3. The first-order valence-corrected chi connectivity index (χ1v) is 11.0. The van der Waals surface area contributed by atoms with Crippen LogP contribution < -0.4 is 14.5 Å². The predicted octanol–water partition coefficient (Wildman–Crippen LogP) is 6.00. The minimum atomic E-state index is -0.419. The van der Waals surface area contributed by atoms with E-state index in [9.17, 15) is 10.1 Å². The van der Waals surface area contributed by atoms with Crippen LogP contribution in [-0.2, 0) is 0 Å². The van der Waals surface area contributed by atoms with Gasteiger partial charge >= 0.3 is 0 Å². The zero-order valence-electron chi connectivity index (χ0n) is 18.0. The van der Waals surface area contributed by atoms with Crippen molar-refractivity contribution < 1.29 is 9.66 Å². The quantitative estimate of drug-likeness (QED) is 0.323. The van der Waals surface area contributed by atoms with Crippen molar-refractivity contribution in [2.45, 2.75) is 38.5 Å². The molecule has 0 atom stereocenters. The molecule has 2 aliphatic rings. The molecule has 8 heteroatoms. The maximum absolute atomic E-state index is 10.9. The molecule has 2 aromatic rings. The Labute approximate surface area is 182 Å². The van der Waals surface area contributed by atoms with Gasteiger partial charge in [0, 0.05) is 50.1 Å². The molecular formula is C23H29N5O3. The summed E-state index contributed by atoms with van der Waals surface area (Å²) >= 11 is 0. The van der Waals surface area contributed by atoms with Gasteiger partial charge in [0.05, 0.1) is 23.4 Å². The number of rotatable bonds is 6. The third-order valence-corrected chi connectivity index (χ3v) is 6.00. The number of azo groups is 1. The lowest BCUT2D eigenvalue weighted by Crippen LogP contribution is -2.31. The van der Waals surface area contributed by atoms with Crippen LogP contribution in [0.25, 0.3) is 0 Å². The van der Waals surface area contributed by atoms with Gasteiger partial charge in [-0.1, -0.05) is 0 Å². The molecule has 0 aliphatic carbocycles. The lowest BCUT2D eigenvalue weighted by molar-refractivity contribution is -0.384. The third kappa shape index (κ3) is 4.95. The third-order valence-electron chi connectivity index (χ3n) is 6.00. The highest BCUT2D eigenvalue weighted by Gasteiger charge is 2.22. The van der Waals surface area contributed by atoms with Gasteiger partial charge in [-0.25, -0.2) is 0 Å². The van der Waals surface area contributed by atoms with E-state index < -0.39 is 4.92 Å². The molecule has 164 valence electrons. The number of hydrogen-bond donors (Lipinski definition) is 0. The summed E-state index contributed by atoms with van der Waals surface area (Å²) in [6.07, 6.45) is 7.28. The molecule has 2 saturated heterocycles. The summed E-state index contributed by atoms with van der Waals surface area (Å²) in [5.74, 6) is 0.703. The molecule has 31 heavy (non-hydrogen) atoms. The smallest absolute Gasteiger partial charge is 0.269 e. The molecule has 2 aromatic carbocycles. The molecule has 2 fully saturated rings. The number of hydrogen-bond acceptors (Lipinski definition) is 7. The summed E-state index contributed by atoms with van der Waals surface area (Å²) in [5.41, 5.74) is 3.54. The first-order chi connectivity index (χ1) is 15.2. The van der Waals surface area contributed by atoms with Crippen LogP contribution in [0.4, 0.5) is 28.4 Å². The summed E-state index contributed by atoms with van der Waals surface area (Å²) in [5, 5.41) is 19.8. The van der Waals surface area contributed by atoms with Crippen LogP contribution in [0.15, 0.2) is 46.6 Å². The number of anilines is 2. The molecule has 4 rings (SSSR count). The van der Waals surface area contributed by atoms with E-state index >= 15 is 0 Å². The Hall–Kier alpha value is -3.16. The van der Waals surface area contributed by atoms with Crippen LogP contribution in [0.5, 0.6) is 5.75 Å². The minimum Gasteiger partial charge on any atom is -0.494 e. The molecule has 2 aliphatic heterocycles. The normalized spacial score (nSPS) is 17.2. The van der Waals surface area contributed by atoms with E-state index in [1.54, 1.807) is 19.2 Å². The van der Waals surface area contributed by atoms with Crippen molar-refractivity contribution in [2.75, 3.05) is 43.1 Å². The second-order valence-corrected chi connectivity index (χ2v) is 8.08. The Balaban J connectivity index is 1.70. The van der Waals surface area contributed by atoms with Crippen molar-refractivity contribution in [3.8, 4) is 5.75 Å². The molecule has 0 aromatic heterocycles. The number of methoxy groups -OCH3 is 1. The van der Waals surface area contributed by atoms with Gasteiger partial charge in [-0.2, -0.15) is 5.11 Å². The van der Waals surface area contributed by atoms with Crippen molar-refractivity contribution in [1.29, 1.82) is 0 Å². The first-order valence-electron chi connectivity index (χ1n) is 11.0. The average molecular weight is 424 g/mol. The molecular weight excluding hydrogens is 394 g/mol. The number of nitro benzene ring substituents is 1. The Morgan fingerprint density at radius 1 is 0.871 bits per heavy atom. The second-order valence-electron chi connectivity index (χ2n) is 8.08. The fourth-order valence-corrected chi connectivity index (χ4v) is 4.29. The van der Waals surface area contributed by atoms with E-state index in [4.69, 9.17) is 4.74 Å². The summed E-state index contributed by atoms with van der Waals surface area (Å²) < 4.78 is 5.75. The Kier molecular flexibility index (Phi) is 6.64. The monoisotopic (exact) mass is 423 g/mol. The van der Waals surface area contributed by atoms with Crippen molar-refractivity contribution in [2.24, 2.45) is 10.2 Å². The highest BCUT2D eigenvalue weighted by molar-refractivity contribution is 5.79. The van der Waals surface area contributed by atoms with E-state index in [-0.39, 0.29) is 5.69 Å². The highest BCUT2D eigenvalue weighted by Crippen LogP contribution is 2.44. The van der Waals surface area contributed by atoms with Crippen molar-refractivity contribution >= 4 is 28.4 Å². The van der Waals surface area contributed by atoms with Crippen LogP contribution in [-0.4, -0.2) is 38.2 Å². The number of nitro groups is 1. The number of piperidine rings is 2. The molecule has 0 radical (unpaired) electrons. The van der Waals surface area contributed by atoms with E-state index in [1.807, 2.05) is 0 Å². The summed E-state index contributed by atoms with van der Waals surface area (Å²) in [6.45, 7) is 4.11. The van der Waals surface area contributed by atoms with E-state index in [0.717, 1.165) is 44.7 Å². The maximum Gasteiger partial charge on any atom is 0.269 e. The fraction of sp³-hybridized carbons (Fsp3) is 0.478. The molecule has 0 unspecified atom stereocenters. The van der Waals surface area contributed by atoms with Gasteiger partial charge in [0.2, 0.25) is 0 Å². The highest BCUT2D eigenvalue weighted by atomic mass is 16.6. The van der Waals surface area contributed by atoms with E-state index in [2.05, 4.69) is 32.2 Å². The van der Waals surface area contributed by atoms with Crippen LogP contribution in [0.1, 0.15) is 38.5 Å². The van der Waals surface area contributed by atoms with Crippen LogP contribution in [0.2, 0.25) is 0 Å². The minimum absolute atomic E-state index is 0.0384. The Morgan fingerprint density at radius 3 is 2.06 bits per heavy atom. The van der Waals surface area contributed by atoms with Gasteiger partial charge in [0.1, 0.15) is 0 Å². The Morgan fingerprint density at radius 2 is 1.48 bits per heavy atom. The summed E-state index contributed by atoms with van der Waals surface area (Å²) in [7, 11) is 1.67. The zero-order chi connectivity index (χ0) is 21.6. The number of benzene rings is 2. The Bertz CT molecular complexity index is 933. The molecule has 0 amide bonds. The fourth-order valence-electron chi connectivity index (χ4n) is 4.29. The van der Waals surface area contributed by atoms with E-state index in [1.165, 1.54) is 43.5 Å². The van der Waals surface area contributed by atoms with Gasteiger partial charge < -0.3 is 14.5 Å². The van der Waals surface area contributed by atoms with Gasteiger partial charge in [-0.05, 0) is 56.7 Å². The van der Waals surface area contributed by atoms with Crippen LogP contribution in [0, 0.1) is 10.1 Å². The predicted molar refractivity (Wildman–Crippen MR) is 122 cm³/mol. The van der Waals surface area contributed by atoms with Gasteiger partial charge in [-0.15, -0.1) is 5.11 Å². The lowest BCUT2D eigenvalue weighted by atomic mass is 10.1. The lowest BCUT2D eigenvalue weighted by Gasteiger charge is -2.33. The summed E-state index contributed by atoms with van der Waals surface area (Å²) in [6, 6.07) is 10.4. The van der Waals surface area contributed by atoms with Gasteiger partial charge in [0.15, 0.2) is 11.4 Å². The number of ether oxygens (including phenoxy) is 1. The maximum atomic E-state index is 10.9.